The largest absolute Gasteiger partial charge is 0.417 e. The van der Waals surface area contributed by atoms with Gasteiger partial charge in [-0.1, -0.05) is 17.7 Å². The summed E-state index contributed by atoms with van der Waals surface area (Å²) in [6, 6.07) is 3.47. The van der Waals surface area contributed by atoms with E-state index in [1.54, 1.807) is 0 Å². The molecule has 126 valence electrons. The maximum Gasteiger partial charge on any atom is 0.417 e. The van der Waals surface area contributed by atoms with Crippen LogP contribution < -0.4 is 5.32 Å². The maximum atomic E-state index is 12.8. The van der Waals surface area contributed by atoms with Crippen LogP contribution in [0.3, 0.4) is 0 Å². The highest BCUT2D eigenvalue weighted by atomic mass is 35.5. The molecule has 2 rings (SSSR count). The minimum Gasteiger partial charge on any atom is -0.393 e. The zero-order valence-corrected chi connectivity index (χ0v) is 13.0. The summed E-state index contributed by atoms with van der Waals surface area (Å²) in [6.45, 7) is 0. The quantitative estimate of drug-likeness (QED) is 0.817. The van der Waals surface area contributed by atoms with Gasteiger partial charge in [-0.15, -0.1) is 0 Å². The number of carbonyl (C=O) groups is 1. The normalized spacial score (nSPS) is 22.3. The summed E-state index contributed by atoms with van der Waals surface area (Å²) in [5, 5.41) is 11.8. The van der Waals surface area contributed by atoms with E-state index >= 15 is 0 Å². The highest BCUT2D eigenvalue weighted by molar-refractivity contribution is 6.31. The molecule has 0 aliphatic heterocycles. The second-order valence-corrected chi connectivity index (χ2v) is 5.99. The first-order chi connectivity index (χ1) is 10.8. The van der Waals surface area contributed by atoms with Gasteiger partial charge in [-0.25, -0.2) is 0 Å². The van der Waals surface area contributed by atoms with Gasteiger partial charge in [0.2, 0.25) is 5.91 Å². The molecule has 0 bridgehead atoms. The molecule has 1 aliphatic carbocycles. The molecule has 1 aliphatic rings. The van der Waals surface area contributed by atoms with Crippen LogP contribution in [0, 0.1) is 0 Å². The summed E-state index contributed by atoms with van der Waals surface area (Å²) in [4.78, 5) is 11.8. The number of alkyl halides is 3. The van der Waals surface area contributed by atoms with Gasteiger partial charge in [0, 0.05) is 12.1 Å². The predicted molar refractivity (Wildman–Crippen MR) is 81.9 cm³/mol. The Bertz CT molecular complexity index is 593. The number of halogens is 4. The summed E-state index contributed by atoms with van der Waals surface area (Å²) in [5.41, 5.74) is -0.682. The molecule has 1 amide bonds. The first-order valence-corrected chi connectivity index (χ1v) is 7.67. The number of hydrogen-bond acceptors (Lipinski definition) is 2. The Morgan fingerprint density at radius 3 is 2.52 bits per heavy atom. The maximum absolute atomic E-state index is 12.8. The lowest BCUT2D eigenvalue weighted by atomic mass is 9.93. The summed E-state index contributed by atoms with van der Waals surface area (Å²) < 4.78 is 38.3. The number of benzene rings is 1. The van der Waals surface area contributed by atoms with Crippen molar-refractivity contribution in [3.05, 3.63) is 40.4 Å². The fourth-order valence-electron chi connectivity index (χ4n) is 2.51. The number of rotatable bonds is 3. The van der Waals surface area contributed by atoms with E-state index in [0.29, 0.717) is 25.7 Å². The van der Waals surface area contributed by atoms with Crippen molar-refractivity contribution < 1.29 is 23.1 Å². The topological polar surface area (TPSA) is 49.3 Å². The van der Waals surface area contributed by atoms with E-state index in [0.717, 1.165) is 12.1 Å². The Labute approximate surface area is 137 Å². The molecule has 3 nitrogen and oxygen atoms in total. The highest BCUT2D eigenvalue weighted by Gasteiger charge is 2.33. The Balaban J connectivity index is 1.98. The van der Waals surface area contributed by atoms with Crippen molar-refractivity contribution in [1.29, 1.82) is 0 Å². The van der Waals surface area contributed by atoms with Crippen LogP contribution in [0.25, 0.3) is 6.08 Å². The Kier molecular flexibility index (Phi) is 5.70. The van der Waals surface area contributed by atoms with Crippen LogP contribution in [0.1, 0.15) is 36.8 Å². The molecule has 0 saturated heterocycles. The van der Waals surface area contributed by atoms with E-state index in [9.17, 15) is 23.1 Å². The third-order valence-corrected chi connectivity index (χ3v) is 4.10. The first kappa shape index (κ1) is 17.8. The summed E-state index contributed by atoms with van der Waals surface area (Å²) in [6.07, 6.45) is 0.342. The third kappa shape index (κ3) is 5.25. The fraction of sp³-hybridized carbons (Fsp3) is 0.438. The summed E-state index contributed by atoms with van der Waals surface area (Å²) in [5.74, 6) is -0.366. The molecule has 1 fully saturated rings. The Hall–Kier alpha value is -1.53. The number of hydrogen-bond donors (Lipinski definition) is 2. The second kappa shape index (κ2) is 7.36. The van der Waals surface area contributed by atoms with Crippen molar-refractivity contribution >= 4 is 23.6 Å². The van der Waals surface area contributed by atoms with Gasteiger partial charge in [-0.05, 0) is 49.5 Å². The van der Waals surface area contributed by atoms with E-state index < -0.39 is 11.7 Å². The van der Waals surface area contributed by atoms with Gasteiger partial charge in [-0.2, -0.15) is 13.2 Å². The van der Waals surface area contributed by atoms with Crippen LogP contribution >= 0.6 is 11.6 Å². The first-order valence-electron chi connectivity index (χ1n) is 7.29. The van der Waals surface area contributed by atoms with E-state index in [2.05, 4.69) is 5.32 Å². The molecule has 1 aromatic rings. The molecule has 0 aromatic heterocycles. The van der Waals surface area contributed by atoms with E-state index in [4.69, 9.17) is 11.6 Å². The fourth-order valence-corrected chi connectivity index (χ4v) is 2.73. The van der Waals surface area contributed by atoms with E-state index in [-0.39, 0.29) is 28.6 Å². The SMILES string of the molecule is O=C(C=Cc1ccc(Cl)c(C(F)(F)F)c1)NC1CCC(O)CC1. The standard InChI is InChI=1S/C16H17ClF3NO2/c17-14-7-1-10(9-13(14)16(18,19)20)2-8-15(23)21-11-3-5-12(22)6-4-11/h1-2,7-9,11-12,22H,3-6H2,(H,21,23). The van der Waals surface area contributed by atoms with E-state index in [1.807, 2.05) is 0 Å². The van der Waals surface area contributed by atoms with Crippen LogP contribution in [0.5, 0.6) is 0 Å². The van der Waals surface area contributed by atoms with Crippen molar-refractivity contribution in [2.24, 2.45) is 0 Å². The third-order valence-electron chi connectivity index (χ3n) is 3.77. The molecule has 7 heteroatoms. The Morgan fingerprint density at radius 2 is 1.91 bits per heavy atom. The molecule has 0 atom stereocenters. The molecule has 0 radical (unpaired) electrons. The van der Waals surface area contributed by atoms with Gasteiger partial charge in [0.25, 0.3) is 0 Å². The van der Waals surface area contributed by atoms with Crippen molar-refractivity contribution in [3.8, 4) is 0 Å². The number of aliphatic hydroxyl groups is 1. The average Bonchev–Trinajstić information content (AvgIpc) is 2.47. The average molecular weight is 348 g/mol. The van der Waals surface area contributed by atoms with Crippen LogP contribution in [-0.4, -0.2) is 23.2 Å². The van der Waals surface area contributed by atoms with Gasteiger partial charge < -0.3 is 10.4 Å². The lowest BCUT2D eigenvalue weighted by molar-refractivity contribution is -0.137. The summed E-state index contributed by atoms with van der Waals surface area (Å²) >= 11 is 5.54. The van der Waals surface area contributed by atoms with Gasteiger partial charge in [-0.3, -0.25) is 4.79 Å². The van der Waals surface area contributed by atoms with Gasteiger partial charge >= 0.3 is 6.18 Å². The molecule has 0 unspecified atom stereocenters. The van der Waals surface area contributed by atoms with Gasteiger partial charge in [0.05, 0.1) is 16.7 Å². The highest BCUT2D eigenvalue weighted by Crippen LogP contribution is 2.35. The van der Waals surface area contributed by atoms with Crippen LogP contribution in [0.15, 0.2) is 24.3 Å². The second-order valence-electron chi connectivity index (χ2n) is 5.58. The van der Waals surface area contributed by atoms with Gasteiger partial charge in [0.1, 0.15) is 0 Å². The molecule has 23 heavy (non-hydrogen) atoms. The van der Waals surface area contributed by atoms with Crippen molar-refractivity contribution in [2.75, 3.05) is 0 Å². The molecule has 1 saturated carbocycles. The number of carbonyl (C=O) groups excluding carboxylic acids is 1. The predicted octanol–water partition coefficient (Wildman–Crippen LogP) is 3.79. The van der Waals surface area contributed by atoms with Gasteiger partial charge in [0.15, 0.2) is 0 Å². The van der Waals surface area contributed by atoms with Crippen LogP contribution in [-0.2, 0) is 11.0 Å². The lowest BCUT2D eigenvalue weighted by Gasteiger charge is -2.25. The Morgan fingerprint density at radius 1 is 1.26 bits per heavy atom. The number of aliphatic hydroxyl groups excluding tert-OH is 1. The molecule has 2 N–H and O–H groups in total. The number of amides is 1. The molecule has 0 heterocycles. The van der Waals surface area contributed by atoms with Crippen molar-refractivity contribution in [1.82, 2.24) is 5.32 Å². The molecule has 0 spiro atoms. The smallest absolute Gasteiger partial charge is 0.393 e. The monoisotopic (exact) mass is 347 g/mol. The van der Waals surface area contributed by atoms with Crippen molar-refractivity contribution in [3.63, 3.8) is 0 Å². The number of nitrogens with one attached hydrogen (secondary N) is 1. The lowest BCUT2D eigenvalue weighted by Crippen LogP contribution is -2.37. The van der Waals surface area contributed by atoms with Crippen LogP contribution in [0.2, 0.25) is 5.02 Å². The zero-order chi connectivity index (χ0) is 17.0. The van der Waals surface area contributed by atoms with Crippen LogP contribution in [0.4, 0.5) is 13.2 Å². The summed E-state index contributed by atoms with van der Waals surface area (Å²) in [7, 11) is 0. The zero-order valence-electron chi connectivity index (χ0n) is 12.2. The van der Waals surface area contributed by atoms with Crippen molar-refractivity contribution in [2.45, 2.75) is 44.0 Å². The van der Waals surface area contributed by atoms with E-state index in [1.165, 1.54) is 18.2 Å². The minimum atomic E-state index is -4.54. The molecular weight excluding hydrogens is 331 g/mol. The molecule has 1 aromatic carbocycles. The minimum absolute atomic E-state index is 0.00787. The molecular formula is C16H17ClF3NO2.